The second-order valence-corrected chi connectivity index (χ2v) is 4.89. The average molecular weight is 264 g/mol. The Hall–Kier alpha value is -1.71. The molecule has 1 rings (SSSR count). The highest BCUT2D eigenvalue weighted by molar-refractivity contribution is 5.98. The molecule has 0 radical (unpaired) electrons. The molecule has 4 heteroatoms. The van der Waals surface area contributed by atoms with Crippen LogP contribution in [-0.4, -0.2) is 30.5 Å². The minimum Gasteiger partial charge on any atom is -0.491 e. The standard InChI is InChI=1S/C15H24N2O2/c1-5-17(10-11(3)4)15(18)12-8-7-9-13(16)14(12)19-6-2/h7-9,11H,5-6,10,16H2,1-4H3. The molecule has 4 nitrogen and oxygen atoms in total. The molecule has 0 bridgehead atoms. The molecule has 0 saturated heterocycles. The van der Waals surface area contributed by atoms with E-state index in [1.807, 2.05) is 18.7 Å². The van der Waals surface area contributed by atoms with Crippen molar-refractivity contribution >= 4 is 11.6 Å². The van der Waals surface area contributed by atoms with Crippen molar-refractivity contribution in [1.82, 2.24) is 4.90 Å². The highest BCUT2D eigenvalue weighted by Crippen LogP contribution is 2.27. The third-order valence-corrected chi connectivity index (χ3v) is 2.82. The van der Waals surface area contributed by atoms with E-state index in [1.54, 1.807) is 18.2 Å². The summed E-state index contributed by atoms with van der Waals surface area (Å²) in [6.45, 7) is 9.95. The van der Waals surface area contributed by atoms with E-state index in [-0.39, 0.29) is 5.91 Å². The number of hydrogen-bond acceptors (Lipinski definition) is 3. The first-order valence-electron chi connectivity index (χ1n) is 6.81. The van der Waals surface area contributed by atoms with Crippen LogP contribution in [0.4, 0.5) is 5.69 Å². The van der Waals surface area contributed by atoms with Crippen molar-refractivity contribution in [2.75, 3.05) is 25.4 Å². The first kappa shape index (κ1) is 15.3. The average Bonchev–Trinajstić information content (AvgIpc) is 2.37. The molecule has 0 aliphatic rings. The number of ether oxygens (including phenoxy) is 1. The fourth-order valence-corrected chi connectivity index (χ4v) is 2.00. The third kappa shape index (κ3) is 3.88. The number of carbonyl (C=O) groups is 1. The van der Waals surface area contributed by atoms with Gasteiger partial charge in [-0.2, -0.15) is 0 Å². The summed E-state index contributed by atoms with van der Waals surface area (Å²) in [4.78, 5) is 14.4. The fraction of sp³-hybridized carbons (Fsp3) is 0.533. The number of para-hydroxylation sites is 1. The predicted molar refractivity (Wildman–Crippen MR) is 78.4 cm³/mol. The Morgan fingerprint density at radius 1 is 1.37 bits per heavy atom. The topological polar surface area (TPSA) is 55.6 Å². The highest BCUT2D eigenvalue weighted by atomic mass is 16.5. The van der Waals surface area contributed by atoms with Gasteiger partial charge in [0.15, 0.2) is 5.75 Å². The van der Waals surface area contributed by atoms with Crippen LogP contribution in [-0.2, 0) is 0 Å². The SMILES string of the molecule is CCOc1c(N)cccc1C(=O)N(CC)CC(C)C. The van der Waals surface area contributed by atoms with Gasteiger partial charge in [-0.1, -0.05) is 19.9 Å². The summed E-state index contributed by atoms with van der Waals surface area (Å²) in [7, 11) is 0. The lowest BCUT2D eigenvalue weighted by molar-refractivity contribution is 0.0741. The maximum absolute atomic E-state index is 12.5. The maximum Gasteiger partial charge on any atom is 0.257 e. The molecule has 1 aromatic rings. The van der Waals surface area contributed by atoms with Crippen molar-refractivity contribution in [2.45, 2.75) is 27.7 Å². The minimum atomic E-state index is -0.0213. The summed E-state index contributed by atoms with van der Waals surface area (Å²) in [6, 6.07) is 5.31. The molecule has 0 aliphatic carbocycles. The van der Waals surface area contributed by atoms with Crippen LogP contribution in [0.2, 0.25) is 0 Å². The molecule has 0 saturated carbocycles. The van der Waals surface area contributed by atoms with Gasteiger partial charge in [0.05, 0.1) is 17.9 Å². The van der Waals surface area contributed by atoms with E-state index >= 15 is 0 Å². The Labute approximate surface area is 115 Å². The first-order valence-corrected chi connectivity index (χ1v) is 6.81. The van der Waals surface area contributed by atoms with E-state index < -0.39 is 0 Å². The number of nitrogens with two attached hydrogens (primary N) is 1. The molecule has 1 amide bonds. The van der Waals surface area contributed by atoms with Gasteiger partial charge in [0.1, 0.15) is 0 Å². The largest absolute Gasteiger partial charge is 0.491 e. The second kappa shape index (κ2) is 7.02. The maximum atomic E-state index is 12.5. The molecule has 0 aliphatic heterocycles. The molecule has 0 heterocycles. The Morgan fingerprint density at radius 2 is 2.05 bits per heavy atom. The van der Waals surface area contributed by atoms with Crippen LogP contribution in [0.3, 0.4) is 0 Å². The van der Waals surface area contributed by atoms with Crippen LogP contribution in [0.25, 0.3) is 0 Å². The summed E-state index contributed by atoms with van der Waals surface area (Å²) >= 11 is 0. The highest BCUT2D eigenvalue weighted by Gasteiger charge is 2.20. The zero-order valence-electron chi connectivity index (χ0n) is 12.3. The molecule has 106 valence electrons. The number of nitrogens with zero attached hydrogens (tertiary/aromatic N) is 1. The summed E-state index contributed by atoms with van der Waals surface area (Å²) in [5.41, 5.74) is 6.95. The van der Waals surface area contributed by atoms with Gasteiger partial charge in [-0.25, -0.2) is 0 Å². The van der Waals surface area contributed by atoms with Crippen molar-refractivity contribution in [2.24, 2.45) is 5.92 Å². The van der Waals surface area contributed by atoms with Gasteiger partial charge in [-0.3, -0.25) is 4.79 Å². The monoisotopic (exact) mass is 264 g/mol. The van der Waals surface area contributed by atoms with Gasteiger partial charge < -0.3 is 15.4 Å². The van der Waals surface area contributed by atoms with Crippen molar-refractivity contribution < 1.29 is 9.53 Å². The molecule has 0 atom stereocenters. The van der Waals surface area contributed by atoms with E-state index in [0.717, 1.165) is 6.54 Å². The summed E-state index contributed by atoms with van der Waals surface area (Å²) < 4.78 is 5.52. The van der Waals surface area contributed by atoms with Gasteiger partial charge in [-0.15, -0.1) is 0 Å². The molecule has 0 fully saturated rings. The lowest BCUT2D eigenvalue weighted by atomic mass is 10.1. The van der Waals surface area contributed by atoms with E-state index in [1.165, 1.54) is 0 Å². The van der Waals surface area contributed by atoms with Crippen molar-refractivity contribution in [3.8, 4) is 5.75 Å². The Morgan fingerprint density at radius 3 is 2.58 bits per heavy atom. The molecular formula is C15H24N2O2. The lowest BCUT2D eigenvalue weighted by Crippen LogP contribution is -2.34. The smallest absolute Gasteiger partial charge is 0.257 e. The zero-order chi connectivity index (χ0) is 14.4. The van der Waals surface area contributed by atoms with E-state index in [4.69, 9.17) is 10.5 Å². The van der Waals surface area contributed by atoms with Gasteiger partial charge >= 0.3 is 0 Å². The van der Waals surface area contributed by atoms with Crippen LogP contribution in [0.5, 0.6) is 5.75 Å². The number of amides is 1. The predicted octanol–water partition coefficient (Wildman–Crippen LogP) is 2.79. The Bertz CT molecular complexity index is 430. The number of anilines is 1. The molecule has 0 unspecified atom stereocenters. The van der Waals surface area contributed by atoms with Crippen LogP contribution in [0, 0.1) is 5.92 Å². The summed E-state index contributed by atoms with van der Waals surface area (Å²) in [5, 5.41) is 0. The molecule has 1 aromatic carbocycles. The first-order chi connectivity index (χ1) is 9.01. The summed E-state index contributed by atoms with van der Waals surface area (Å²) in [5.74, 6) is 0.907. The van der Waals surface area contributed by atoms with Gasteiger partial charge in [0.25, 0.3) is 5.91 Å². The third-order valence-electron chi connectivity index (χ3n) is 2.82. The zero-order valence-corrected chi connectivity index (χ0v) is 12.3. The minimum absolute atomic E-state index is 0.0213. The van der Waals surface area contributed by atoms with Gasteiger partial charge in [-0.05, 0) is 31.9 Å². The van der Waals surface area contributed by atoms with Crippen LogP contribution < -0.4 is 10.5 Å². The van der Waals surface area contributed by atoms with E-state index in [2.05, 4.69) is 13.8 Å². The fourth-order valence-electron chi connectivity index (χ4n) is 2.00. The van der Waals surface area contributed by atoms with Crippen LogP contribution in [0.15, 0.2) is 18.2 Å². The van der Waals surface area contributed by atoms with Gasteiger partial charge in [0, 0.05) is 13.1 Å². The molecule has 0 aromatic heterocycles. The van der Waals surface area contributed by atoms with Crippen molar-refractivity contribution in [3.63, 3.8) is 0 Å². The second-order valence-electron chi connectivity index (χ2n) is 4.89. The normalized spacial score (nSPS) is 10.6. The number of nitrogen functional groups attached to an aromatic ring is 1. The lowest BCUT2D eigenvalue weighted by Gasteiger charge is -2.24. The molecule has 2 N–H and O–H groups in total. The molecule has 0 spiro atoms. The molecular weight excluding hydrogens is 240 g/mol. The van der Waals surface area contributed by atoms with Crippen LogP contribution >= 0.6 is 0 Å². The van der Waals surface area contributed by atoms with Crippen LogP contribution in [0.1, 0.15) is 38.1 Å². The number of rotatable bonds is 6. The van der Waals surface area contributed by atoms with E-state index in [9.17, 15) is 4.79 Å². The van der Waals surface area contributed by atoms with Gasteiger partial charge in [0.2, 0.25) is 0 Å². The van der Waals surface area contributed by atoms with Crippen molar-refractivity contribution in [1.29, 1.82) is 0 Å². The summed E-state index contributed by atoms with van der Waals surface area (Å²) in [6.07, 6.45) is 0. The number of carbonyl (C=O) groups excluding carboxylic acids is 1. The Balaban J connectivity index is 3.06. The van der Waals surface area contributed by atoms with Crippen molar-refractivity contribution in [3.05, 3.63) is 23.8 Å². The van der Waals surface area contributed by atoms with E-state index in [0.29, 0.717) is 36.1 Å². The number of hydrogen-bond donors (Lipinski definition) is 1. The Kier molecular flexibility index (Phi) is 5.67. The quantitative estimate of drug-likeness (QED) is 0.804. The number of benzene rings is 1. The molecule has 19 heavy (non-hydrogen) atoms.